The highest BCUT2D eigenvalue weighted by Gasteiger charge is 2.04. The van der Waals surface area contributed by atoms with Crippen LogP contribution in [0.2, 0.25) is 0 Å². The second-order valence-electron chi connectivity index (χ2n) is 4.72. The predicted octanol–water partition coefficient (Wildman–Crippen LogP) is 4.44. The van der Waals surface area contributed by atoms with Crippen molar-refractivity contribution in [3.63, 3.8) is 0 Å². The first-order valence-electron chi connectivity index (χ1n) is 6.77. The fourth-order valence-electron chi connectivity index (χ4n) is 1.85. The summed E-state index contributed by atoms with van der Waals surface area (Å²) in [5.74, 6) is 1.61. The standard InChI is InChI=1S/C16H19BrN2O/c1-3-6-18-9-13-5-4-12(2)16(7-13)20-15-8-14(17)10-19-11-15/h4-5,7-8,10-11,18H,3,6,9H2,1-2H3. The summed E-state index contributed by atoms with van der Waals surface area (Å²) >= 11 is 3.40. The van der Waals surface area contributed by atoms with E-state index < -0.39 is 0 Å². The molecule has 0 amide bonds. The molecule has 0 bridgehead atoms. The lowest BCUT2D eigenvalue weighted by Crippen LogP contribution is -2.13. The molecule has 0 aliphatic carbocycles. The van der Waals surface area contributed by atoms with E-state index in [1.165, 1.54) is 5.56 Å². The van der Waals surface area contributed by atoms with Crippen LogP contribution in [0.25, 0.3) is 0 Å². The molecule has 106 valence electrons. The molecule has 1 N–H and O–H groups in total. The van der Waals surface area contributed by atoms with Crippen LogP contribution < -0.4 is 10.1 Å². The maximum atomic E-state index is 5.92. The van der Waals surface area contributed by atoms with Crippen LogP contribution in [0.3, 0.4) is 0 Å². The lowest BCUT2D eigenvalue weighted by molar-refractivity contribution is 0.475. The molecule has 2 rings (SSSR count). The molecule has 3 nitrogen and oxygen atoms in total. The van der Waals surface area contributed by atoms with E-state index in [2.05, 4.69) is 51.4 Å². The van der Waals surface area contributed by atoms with Crippen molar-refractivity contribution in [3.05, 3.63) is 52.3 Å². The monoisotopic (exact) mass is 334 g/mol. The van der Waals surface area contributed by atoms with E-state index in [0.717, 1.165) is 41.0 Å². The summed E-state index contributed by atoms with van der Waals surface area (Å²) in [6, 6.07) is 8.21. The minimum absolute atomic E-state index is 0.737. The van der Waals surface area contributed by atoms with Gasteiger partial charge in [0.15, 0.2) is 0 Å². The lowest BCUT2D eigenvalue weighted by atomic mass is 10.1. The highest BCUT2D eigenvalue weighted by Crippen LogP contribution is 2.27. The molecule has 20 heavy (non-hydrogen) atoms. The van der Waals surface area contributed by atoms with Crippen molar-refractivity contribution in [1.29, 1.82) is 0 Å². The predicted molar refractivity (Wildman–Crippen MR) is 85.2 cm³/mol. The number of hydrogen-bond donors (Lipinski definition) is 1. The number of benzene rings is 1. The third-order valence-corrected chi connectivity index (χ3v) is 3.35. The van der Waals surface area contributed by atoms with Crippen molar-refractivity contribution >= 4 is 15.9 Å². The summed E-state index contributed by atoms with van der Waals surface area (Å²) in [5, 5.41) is 3.40. The molecule has 1 aromatic carbocycles. The zero-order chi connectivity index (χ0) is 14.4. The Kier molecular flexibility index (Phi) is 5.56. The Labute approximate surface area is 128 Å². The van der Waals surface area contributed by atoms with Gasteiger partial charge in [0.05, 0.1) is 6.20 Å². The molecule has 0 unspecified atom stereocenters. The van der Waals surface area contributed by atoms with E-state index in [1.807, 2.05) is 13.0 Å². The van der Waals surface area contributed by atoms with Gasteiger partial charge in [-0.25, -0.2) is 0 Å². The Morgan fingerprint density at radius 1 is 1.25 bits per heavy atom. The van der Waals surface area contributed by atoms with Crippen LogP contribution in [-0.4, -0.2) is 11.5 Å². The van der Waals surface area contributed by atoms with E-state index in [9.17, 15) is 0 Å². The van der Waals surface area contributed by atoms with Gasteiger partial charge in [-0.3, -0.25) is 4.98 Å². The molecule has 1 heterocycles. The molecule has 0 aliphatic rings. The number of rotatable bonds is 6. The maximum Gasteiger partial charge on any atom is 0.146 e. The van der Waals surface area contributed by atoms with Crippen LogP contribution >= 0.6 is 15.9 Å². The molecule has 0 spiro atoms. The number of aryl methyl sites for hydroxylation is 1. The van der Waals surface area contributed by atoms with Crippen molar-refractivity contribution in [2.24, 2.45) is 0 Å². The van der Waals surface area contributed by atoms with Gasteiger partial charge in [-0.1, -0.05) is 19.1 Å². The van der Waals surface area contributed by atoms with Crippen molar-refractivity contribution in [2.75, 3.05) is 6.54 Å². The quantitative estimate of drug-likeness (QED) is 0.792. The van der Waals surface area contributed by atoms with E-state index in [4.69, 9.17) is 4.74 Å². The van der Waals surface area contributed by atoms with Crippen LogP contribution in [0, 0.1) is 6.92 Å². The second kappa shape index (κ2) is 7.41. The number of ether oxygens (including phenoxy) is 1. The summed E-state index contributed by atoms with van der Waals surface area (Å²) < 4.78 is 6.83. The number of aromatic nitrogens is 1. The summed E-state index contributed by atoms with van der Waals surface area (Å²) in [6.45, 7) is 6.10. The Morgan fingerprint density at radius 3 is 2.85 bits per heavy atom. The van der Waals surface area contributed by atoms with Gasteiger partial charge in [-0.15, -0.1) is 0 Å². The highest BCUT2D eigenvalue weighted by atomic mass is 79.9. The molecule has 0 saturated carbocycles. The Hall–Kier alpha value is -1.39. The van der Waals surface area contributed by atoms with Crippen molar-refractivity contribution in [1.82, 2.24) is 10.3 Å². The first kappa shape index (κ1) is 15.0. The van der Waals surface area contributed by atoms with E-state index in [-0.39, 0.29) is 0 Å². The Bertz CT molecular complexity index is 572. The molecule has 0 aliphatic heterocycles. The summed E-state index contributed by atoms with van der Waals surface area (Å²) in [5.41, 5.74) is 2.34. The maximum absolute atomic E-state index is 5.92. The van der Waals surface area contributed by atoms with Crippen molar-refractivity contribution in [3.8, 4) is 11.5 Å². The van der Waals surface area contributed by atoms with Gasteiger partial charge in [0.25, 0.3) is 0 Å². The number of nitrogens with zero attached hydrogens (tertiary/aromatic N) is 1. The van der Waals surface area contributed by atoms with Gasteiger partial charge >= 0.3 is 0 Å². The third-order valence-electron chi connectivity index (χ3n) is 2.92. The topological polar surface area (TPSA) is 34.1 Å². The summed E-state index contributed by atoms with van der Waals surface area (Å²) in [4.78, 5) is 4.11. The molecule has 0 radical (unpaired) electrons. The van der Waals surface area contributed by atoms with Crippen molar-refractivity contribution < 1.29 is 4.74 Å². The molecule has 1 aromatic heterocycles. The number of halogens is 1. The largest absolute Gasteiger partial charge is 0.455 e. The molecule has 2 aromatic rings. The fourth-order valence-corrected chi connectivity index (χ4v) is 2.19. The van der Waals surface area contributed by atoms with Crippen LogP contribution in [0.5, 0.6) is 11.5 Å². The van der Waals surface area contributed by atoms with Gasteiger partial charge < -0.3 is 10.1 Å². The van der Waals surface area contributed by atoms with E-state index in [0.29, 0.717) is 0 Å². The lowest BCUT2D eigenvalue weighted by Gasteiger charge is -2.11. The first-order chi connectivity index (χ1) is 9.69. The minimum atomic E-state index is 0.737. The minimum Gasteiger partial charge on any atom is -0.455 e. The zero-order valence-electron chi connectivity index (χ0n) is 11.8. The second-order valence-corrected chi connectivity index (χ2v) is 5.63. The number of nitrogens with one attached hydrogen (secondary N) is 1. The van der Waals surface area contributed by atoms with E-state index in [1.54, 1.807) is 12.4 Å². The van der Waals surface area contributed by atoms with Crippen LogP contribution in [-0.2, 0) is 6.54 Å². The van der Waals surface area contributed by atoms with Gasteiger partial charge in [0.2, 0.25) is 0 Å². The van der Waals surface area contributed by atoms with Gasteiger partial charge in [0.1, 0.15) is 11.5 Å². The molecule has 4 heteroatoms. The average molecular weight is 335 g/mol. The Morgan fingerprint density at radius 2 is 2.10 bits per heavy atom. The van der Waals surface area contributed by atoms with Crippen molar-refractivity contribution in [2.45, 2.75) is 26.8 Å². The number of pyridine rings is 1. The molecule has 0 atom stereocenters. The smallest absolute Gasteiger partial charge is 0.146 e. The molecule has 0 fully saturated rings. The van der Waals surface area contributed by atoms with Gasteiger partial charge in [-0.05, 0) is 59.1 Å². The van der Waals surface area contributed by atoms with Crippen LogP contribution in [0.15, 0.2) is 41.1 Å². The average Bonchev–Trinajstić information content (AvgIpc) is 2.43. The van der Waals surface area contributed by atoms with E-state index >= 15 is 0 Å². The third kappa shape index (κ3) is 4.32. The number of hydrogen-bond acceptors (Lipinski definition) is 3. The Balaban J connectivity index is 2.12. The summed E-state index contributed by atoms with van der Waals surface area (Å²) in [6.07, 6.45) is 4.59. The molecular weight excluding hydrogens is 316 g/mol. The zero-order valence-corrected chi connectivity index (χ0v) is 13.4. The van der Waals surface area contributed by atoms with Crippen LogP contribution in [0.1, 0.15) is 24.5 Å². The molecule has 0 saturated heterocycles. The van der Waals surface area contributed by atoms with Gasteiger partial charge in [-0.2, -0.15) is 0 Å². The van der Waals surface area contributed by atoms with Crippen LogP contribution in [0.4, 0.5) is 0 Å². The first-order valence-corrected chi connectivity index (χ1v) is 7.57. The normalized spacial score (nSPS) is 10.6. The fraction of sp³-hybridized carbons (Fsp3) is 0.312. The summed E-state index contributed by atoms with van der Waals surface area (Å²) in [7, 11) is 0. The molecular formula is C16H19BrN2O. The highest BCUT2D eigenvalue weighted by molar-refractivity contribution is 9.10. The SMILES string of the molecule is CCCNCc1ccc(C)c(Oc2cncc(Br)c2)c1. The van der Waals surface area contributed by atoms with Gasteiger partial charge in [0, 0.05) is 17.2 Å².